The zero-order chi connectivity index (χ0) is 13.8. The number of rotatable bonds is 4. The molecule has 3 rings (SSSR count). The lowest BCUT2D eigenvalue weighted by atomic mass is 10.1. The van der Waals surface area contributed by atoms with E-state index in [1.54, 1.807) is 0 Å². The van der Waals surface area contributed by atoms with Crippen LogP contribution in [-0.2, 0) is 4.74 Å². The first kappa shape index (κ1) is 13.8. The fraction of sp³-hybridized carbons (Fsp3) is 0.438. The summed E-state index contributed by atoms with van der Waals surface area (Å²) in [5.74, 6) is 0.958. The second kappa shape index (κ2) is 6.55. The number of nitrogens with one attached hydrogen (secondary N) is 1. The molecule has 3 nitrogen and oxygen atoms in total. The first-order valence-electron chi connectivity index (χ1n) is 7.23. The van der Waals surface area contributed by atoms with Crippen LogP contribution < -0.4 is 5.32 Å². The van der Waals surface area contributed by atoms with E-state index in [0.29, 0.717) is 6.10 Å². The molecule has 2 aromatic rings. The third kappa shape index (κ3) is 3.13. The quantitative estimate of drug-likeness (QED) is 0.901. The molecule has 1 aliphatic heterocycles. The molecule has 1 N–H and O–H groups in total. The molecule has 106 valence electrons. The van der Waals surface area contributed by atoms with Crippen LogP contribution in [0.2, 0.25) is 0 Å². The topological polar surface area (TPSA) is 34.1 Å². The predicted molar refractivity (Wildman–Crippen MR) is 86.1 cm³/mol. The summed E-state index contributed by atoms with van der Waals surface area (Å²) in [6.45, 7) is 1.83. The predicted octanol–water partition coefficient (Wildman–Crippen LogP) is 4.37. The summed E-state index contributed by atoms with van der Waals surface area (Å²) in [6.07, 6.45) is 7.01. The fourth-order valence-corrected chi connectivity index (χ4v) is 3.19. The maximum Gasteiger partial charge on any atom is 0.133 e. The lowest BCUT2D eigenvalue weighted by molar-refractivity contribution is 0.0134. The van der Waals surface area contributed by atoms with Crippen LogP contribution in [0.4, 0.5) is 5.82 Å². The Morgan fingerprint density at radius 2 is 2.20 bits per heavy atom. The highest BCUT2D eigenvalue weighted by atomic mass is 79.9. The number of benzene rings is 1. The zero-order valence-corrected chi connectivity index (χ0v) is 13.0. The molecule has 1 saturated heterocycles. The summed E-state index contributed by atoms with van der Waals surface area (Å²) >= 11 is 3.59. The van der Waals surface area contributed by atoms with Crippen molar-refractivity contribution in [3.63, 3.8) is 0 Å². The van der Waals surface area contributed by atoms with E-state index in [1.165, 1.54) is 24.6 Å². The molecule has 0 bridgehead atoms. The van der Waals surface area contributed by atoms with Crippen LogP contribution >= 0.6 is 15.9 Å². The standard InChI is InChI=1S/C16H19BrN2O/c17-15-6-3-5-14-13(15)8-10-19-16(14)18-9-7-12-4-1-2-11-20-12/h3,5-6,8,10,12H,1-2,4,7,9,11H2,(H,18,19). The van der Waals surface area contributed by atoms with Crippen LogP contribution in [0.15, 0.2) is 34.9 Å². The van der Waals surface area contributed by atoms with Crippen LogP contribution in [-0.4, -0.2) is 24.2 Å². The minimum absolute atomic E-state index is 0.415. The Morgan fingerprint density at radius 1 is 1.25 bits per heavy atom. The number of halogens is 1. The molecule has 1 unspecified atom stereocenters. The van der Waals surface area contributed by atoms with Crippen molar-refractivity contribution in [3.05, 3.63) is 34.9 Å². The summed E-state index contributed by atoms with van der Waals surface area (Å²) in [4.78, 5) is 4.46. The van der Waals surface area contributed by atoms with Crippen molar-refractivity contribution in [2.24, 2.45) is 0 Å². The van der Waals surface area contributed by atoms with Gasteiger partial charge in [-0.1, -0.05) is 28.1 Å². The van der Waals surface area contributed by atoms with Crippen LogP contribution in [0, 0.1) is 0 Å². The minimum atomic E-state index is 0.415. The molecule has 0 aliphatic carbocycles. The summed E-state index contributed by atoms with van der Waals surface area (Å²) in [6, 6.07) is 8.24. The van der Waals surface area contributed by atoms with E-state index in [9.17, 15) is 0 Å². The van der Waals surface area contributed by atoms with Crippen LogP contribution in [0.25, 0.3) is 10.8 Å². The molecule has 0 spiro atoms. The highest BCUT2D eigenvalue weighted by Gasteiger charge is 2.13. The van der Waals surface area contributed by atoms with E-state index in [-0.39, 0.29) is 0 Å². The number of pyridine rings is 1. The average Bonchev–Trinajstić information content (AvgIpc) is 2.49. The van der Waals surface area contributed by atoms with Crippen molar-refractivity contribution < 1.29 is 4.74 Å². The van der Waals surface area contributed by atoms with E-state index >= 15 is 0 Å². The molecule has 1 aromatic heterocycles. The number of nitrogens with zero attached hydrogens (tertiary/aromatic N) is 1. The molecular formula is C16H19BrN2O. The average molecular weight is 335 g/mol. The number of aromatic nitrogens is 1. The molecule has 1 atom stereocenters. The molecule has 0 amide bonds. The van der Waals surface area contributed by atoms with Gasteiger partial charge in [0.1, 0.15) is 5.82 Å². The second-order valence-corrected chi connectivity index (χ2v) is 6.05. The second-order valence-electron chi connectivity index (χ2n) is 5.20. The molecule has 1 fully saturated rings. The van der Waals surface area contributed by atoms with Crippen molar-refractivity contribution in [2.45, 2.75) is 31.8 Å². The lowest BCUT2D eigenvalue weighted by Gasteiger charge is -2.22. The van der Waals surface area contributed by atoms with Gasteiger partial charge in [0, 0.05) is 34.6 Å². The van der Waals surface area contributed by atoms with Gasteiger partial charge < -0.3 is 10.1 Å². The molecular weight excluding hydrogens is 316 g/mol. The van der Waals surface area contributed by atoms with Crippen molar-refractivity contribution in [2.75, 3.05) is 18.5 Å². The number of hydrogen-bond donors (Lipinski definition) is 1. The molecule has 0 saturated carbocycles. The Bertz CT molecular complexity index is 582. The number of hydrogen-bond acceptors (Lipinski definition) is 3. The Hall–Kier alpha value is -1.13. The SMILES string of the molecule is Brc1cccc2c(NCCC3CCCCO3)nccc12. The molecule has 4 heteroatoms. The van der Waals surface area contributed by atoms with Gasteiger partial charge in [0.15, 0.2) is 0 Å². The summed E-state index contributed by atoms with van der Waals surface area (Å²) < 4.78 is 6.86. The van der Waals surface area contributed by atoms with Gasteiger partial charge >= 0.3 is 0 Å². The molecule has 20 heavy (non-hydrogen) atoms. The lowest BCUT2D eigenvalue weighted by Crippen LogP contribution is -2.22. The van der Waals surface area contributed by atoms with Crippen LogP contribution in [0.1, 0.15) is 25.7 Å². The van der Waals surface area contributed by atoms with Gasteiger partial charge in [-0.15, -0.1) is 0 Å². The van der Waals surface area contributed by atoms with Gasteiger partial charge in [0.25, 0.3) is 0 Å². The van der Waals surface area contributed by atoms with E-state index < -0.39 is 0 Å². The van der Waals surface area contributed by atoms with E-state index in [1.807, 2.05) is 18.3 Å². The molecule has 2 heterocycles. The van der Waals surface area contributed by atoms with Gasteiger partial charge in [-0.3, -0.25) is 0 Å². The Morgan fingerprint density at radius 3 is 3.05 bits per heavy atom. The Labute approximate surface area is 127 Å². The number of fused-ring (bicyclic) bond motifs is 1. The largest absolute Gasteiger partial charge is 0.378 e. The van der Waals surface area contributed by atoms with Crippen molar-refractivity contribution in [1.82, 2.24) is 4.98 Å². The van der Waals surface area contributed by atoms with Crippen LogP contribution in [0.5, 0.6) is 0 Å². The van der Waals surface area contributed by atoms with E-state index in [2.05, 4.69) is 38.4 Å². The molecule has 0 radical (unpaired) electrons. The normalized spacial score (nSPS) is 19.1. The first-order valence-corrected chi connectivity index (χ1v) is 8.02. The van der Waals surface area contributed by atoms with Crippen molar-refractivity contribution >= 4 is 32.5 Å². The van der Waals surface area contributed by atoms with Gasteiger partial charge in [0.2, 0.25) is 0 Å². The van der Waals surface area contributed by atoms with E-state index in [0.717, 1.165) is 35.2 Å². The summed E-state index contributed by atoms with van der Waals surface area (Å²) in [5.41, 5.74) is 0. The first-order chi connectivity index (χ1) is 9.84. The smallest absolute Gasteiger partial charge is 0.133 e. The molecule has 1 aromatic carbocycles. The number of ether oxygens (including phenoxy) is 1. The van der Waals surface area contributed by atoms with Crippen molar-refractivity contribution in [3.8, 4) is 0 Å². The van der Waals surface area contributed by atoms with Gasteiger partial charge in [-0.05, 0) is 37.8 Å². The summed E-state index contributed by atoms with van der Waals surface area (Å²) in [7, 11) is 0. The highest BCUT2D eigenvalue weighted by molar-refractivity contribution is 9.10. The summed E-state index contributed by atoms with van der Waals surface area (Å²) in [5, 5.41) is 5.80. The van der Waals surface area contributed by atoms with Gasteiger partial charge in [-0.25, -0.2) is 4.98 Å². The minimum Gasteiger partial charge on any atom is -0.378 e. The monoisotopic (exact) mass is 334 g/mol. The van der Waals surface area contributed by atoms with Gasteiger partial charge in [-0.2, -0.15) is 0 Å². The van der Waals surface area contributed by atoms with Crippen molar-refractivity contribution in [1.29, 1.82) is 0 Å². The maximum absolute atomic E-state index is 5.75. The highest BCUT2D eigenvalue weighted by Crippen LogP contribution is 2.27. The van der Waals surface area contributed by atoms with Gasteiger partial charge in [0.05, 0.1) is 6.10 Å². The molecule has 1 aliphatic rings. The third-order valence-electron chi connectivity index (χ3n) is 3.79. The third-order valence-corrected chi connectivity index (χ3v) is 4.48. The Balaban J connectivity index is 1.66. The number of anilines is 1. The maximum atomic E-state index is 5.75. The zero-order valence-electron chi connectivity index (χ0n) is 11.4. The Kier molecular flexibility index (Phi) is 4.53. The van der Waals surface area contributed by atoms with Crippen LogP contribution in [0.3, 0.4) is 0 Å². The fourth-order valence-electron chi connectivity index (χ4n) is 2.70. The van der Waals surface area contributed by atoms with E-state index in [4.69, 9.17) is 4.74 Å².